The van der Waals surface area contributed by atoms with E-state index in [2.05, 4.69) is 39.9 Å². The van der Waals surface area contributed by atoms with E-state index in [4.69, 9.17) is 4.74 Å². The molecule has 1 aliphatic carbocycles. The SMILES string of the molecule is COCCC(C)(C)CNCC1CCC(C(C)(C)C)CC1. The summed E-state index contributed by atoms with van der Waals surface area (Å²) in [4.78, 5) is 0. The van der Waals surface area contributed by atoms with Crippen LogP contribution in [-0.2, 0) is 4.74 Å². The van der Waals surface area contributed by atoms with Crippen LogP contribution in [0.15, 0.2) is 0 Å². The standard InChI is InChI=1S/C18H37NO/c1-17(2,3)16-9-7-15(8-10-16)13-19-14-18(4,5)11-12-20-6/h15-16,19H,7-14H2,1-6H3. The van der Waals surface area contributed by atoms with E-state index in [1.54, 1.807) is 7.11 Å². The van der Waals surface area contributed by atoms with Gasteiger partial charge in [0.15, 0.2) is 0 Å². The fourth-order valence-electron chi connectivity index (χ4n) is 3.31. The summed E-state index contributed by atoms with van der Waals surface area (Å²) in [5, 5.41) is 3.70. The highest BCUT2D eigenvalue weighted by atomic mass is 16.5. The molecule has 0 bridgehead atoms. The van der Waals surface area contributed by atoms with Gasteiger partial charge >= 0.3 is 0 Å². The first kappa shape index (κ1) is 18.0. The number of ether oxygens (including phenoxy) is 1. The third-order valence-electron chi connectivity index (χ3n) is 5.09. The summed E-state index contributed by atoms with van der Waals surface area (Å²) in [5.74, 6) is 1.82. The smallest absolute Gasteiger partial charge is 0.0467 e. The Bertz CT molecular complexity index is 259. The van der Waals surface area contributed by atoms with E-state index in [-0.39, 0.29) is 0 Å². The molecule has 0 amide bonds. The van der Waals surface area contributed by atoms with E-state index in [1.165, 1.54) is 32.2 Å². The molecule has 0 saturated heterocycles. The predicted octanol–water partition coefficient (Wildman–Crippen LogP) is 4.49. The lowest BCUT2D eigenvalue weighted by Gasteiger charge is -2.37. The van der Waals surface area contributed by atoms with Gasteiger partial charge in [0.2, 0.25) is 0 Å². The number of nitrogens with one attached hydrogen (secondary N) is 1. The Kier molecular flexibility index (Phi) is 7.00. The highest BCUT2D eigenvalue weighted by Crippen LogP contribution is 2.39. The molecule has 1 saturated carbocycles. The van der Waals surface area contributed by atoms with Crippen molar-refractivity contribution in [2.45, 2.75) is 66.7 Å². The summed E-state index contributed by atoms with van der Waals surface area (Å²) < 4.78 is 5.19. The van der Waals surface area contributed by atoms with Gasteiger partial charge in [0, 0.05) is 20.3 Å². The van der Waals surface area contributed by atoms with E-state index in [1.807, 2.05) is 0 Å². The van der Waals surface area contributed by atoms with Gasteiger partial charge in [-0.1, -0.05) is 34.6 Å². The third-order valence-corrected chi connectivity index (χ3v) is 5.09. The van der Waals surface area contributed by atoms with Crippen molar-refractivity contribution in [3.05, 3.63) is 0 Å². The summed E-state index contributed by atoms with van der Waals surface area (Å²) >= 11 is 0. The molecule has 1 fully saturated rings. The Morgan fingerprint density at radius 2 is 1.60 bits per heavy atom. The van der Waals surface area contributed by atoms with Gasteiger partial charge in [-0.05, 0) is 61.3 Å². The van der Waals surface area contributed by atoms with Crippen LogP contribution in [0.4, 0.5) is 0 Å². The van der Waals surface area contributed by atoms with Gasteiger partial charge in [-0.2, -0.15) is 0 Å². The lowest BCUT2D eigenvalue weighted by molar-refractivity contribution is 0.139. The van der Waals surface area contributed by atoms with Crippen molar-refractivity contribution < 1.29 is 4.74 Å². The Morgan fingerprint density at radius 1 is 1.00 bits per heavy atom. The Balaban J connectivity index is 2.18. The molecular formula is C18H37NO. The van der Waals surface area contributed by atoms with Crippen LogP contribution < -0.4 is 5.32 Å². The average Bonchev–Trinajstić information content (AvgIpc) is 2.36. The quantitative estimate of drug-likeness (QED) is 0.743. The largest absolute Gasteiger partial charge is 0.385 e. The van der Waals surface area contributed by atoms with E-state index < -0.39 is 0 Å². The highest BCUT2D eigenvalue weighted by Gasteiger charge is 2.29. The van der Waals surface area contributed by atoms with E-state index >= 15 is 0 Å². The maximum absolute atomic E-state index is 5.19. The summed E-state index contributed by atoms with van der Waals surface area (Å²) in [5.41, 5.74) is 0.846. The van der Waals surface area contributed by atoms with E-state index in [9.17, 15) is 0 Å². The van der Waals surface area contributed by atoms with Gasteiger partial charge in [-0.25, -0.2) is 0 Å². The van der Waals surface area contributed by atoms with Crippen LogP contribution in [-0.4, -0.2) is 26.8 Å². The molecule has 0 atom stereocenters. The Hall–Kier alpha value is -0.0800. The van der Waals surface area contributed by atoms with Crippen LogP contribution in [0, 0.1) is 22.7 Å². The topological polar surface area (TPSA) is 21.3 Å². The summed E-state index contributed by atoms with van der Waals surface area (Å²) in [6.07, 6.45) is 6.79. The lowest BCUT2D eigenvalue weighted by Crippen LogP contribution is -2.35. The van der Waals surface area contributed by atoms with Crippen molar-refractivity contribution in [1.29, 1.82) is 0 Å². The number of hydrogen-bond acceptors (Lipinski definition) is 2. The van der Waals surface area contributed by atoms with Crippen LogP contribution in [0.5, 0.6) is 0 Å². The second-order valence-corrected chi connectivity index (χ2v) is 8.62. The molecule has 0 aromatic carbocycles. The Morgan fingerprint density at radius 3 is 2.10 bits per heavy atom. The van der Waals surface area contributed by atoms with Gasteiger partial charge in [0.1, 0.15) is 0 Å². The molecule has 0 heterocycles. The summed E-state index contributed by atoms with van der Waals surface area (Å²) in [7, 11) is 1.79. The van der Waals surface area contributed by atoms with E-state index in [0.29, 0.717) is 10.8 Å². The molecule has 0 aromatic rings. The average molecular weight is 284 g/mol. The molecule has 1 aliphatic rings. The van der Waals surface area contributed by atoms with Crippen LogP contribution in [0.25, 0.3) is 0 Å². The van der Waals surface area contributed by atoms with Gasteiger partial charge in [0.05, 0.1) is 0 Å². The maximum Gasteiger partial charge on any atom is 0.0467 e. The molecule has 0 aliphatic heterocycles. The molecule has 0 unspecified atom stereocenters. The van der Waals surface area contributed by atoms with Crippen molar-refractivity contribution in [1.82, 2.24) is 5.32 Å². The van der Waals surface area contributed by atoms with Gasteiger partial charge in [0.25, 0.3) is 0 Å². The van der Waals surface area contributed by atoms with Gasteiger partial charge in [-0.3, -0.25) is 0 Å². The minimum absolute atomic E-state index is 0.346. The highest BCUT2D eigenvalue weighted by molar-refractivity contribution is 4.82. The molecule has 1 N–H and O–H groups in total. The first-order chi connectivity index (χ1) is 9.24. The van der Waals surface area contributed by atoms with Gasteiger partial charge < -0.3 is 10.1 Å². The van der Waals surface area contributed by atoms with Crippen LogP contribution in [0.3, 0.4) is 0 Å². The van der Waals surface area contributed by atoms with E-state index in [0.717, 1.165) is 31.4 Å². The van der Waals surface area contributed by atoms with Crippen LogP contribution >= 0.6 is 0 Å². The third kappa shape index (κ3) is 6.58. The molecule has 2 nitrogen and oxygen atoms in total. The van der Waals surface area contributed by atoms with Gasteiger partial charge in [-0.15, -0.1) is 0 Å². The lowest BCUT2D eigenvalue weighted by atomic mass is 9.70. The minimum Gasteiger partial charge on any atom is -0.385 e. The molecule has 0 radical (unpaired) electrons. The zero-order valence-electron chi connectivity index (χ0n) is 14.7. The number of rotatable bonds is 7. The second-order valence-electron chi connectivity index (χ2n) is 8.62. The molecule has 1 rings (SSSR count). The van der Waals surface area contributed by atoms with Crippen LogP contribution in [0.1, 0.15) is 66.7 Å². The molecule has 120 valence electrons. The van der Waals surface area contributed by atoms with Crippen molar-refractivity contribution in [2.24, 2.45) is 22.7 Å². The normalized spacial score (nSPS) is 24.9. The Labute approximate surface area is 127 Å². The fourth-order valence-corrected chi connectivity index (χ4v) is 3.31. The monoisotopic (exact) mass is 283 g/mol. The predicted molar refractivity (Wildman–Crippen MR) is 88.0 cm³/mol. The summed E-state index contributed by atoms with van der Waals surface area (Å²) in [6, 6.07) is 0. The second kappa shape index (κ2) is 7.79. The molecular weight excluding hydrogens is 246 g/mol. The number of hydrogen-bond donors (Lipinski definition) is 1. The van der Waals surface area contributed by atoms with Crippen molar-refractivity contribution in [2.75, 3.05) is 26.8 Å². The van der Waals surface area contributed by atoms with Crippen molar-refractivity contribution >= 4 is 0 Å². The van der Waals surface area contributed by atoms with Crippen molar-refractivity contribution in [3.8, 4) is 0 Å². The maximum atomic E-state index is 5.19. The zero-order chi connectivity index (χ0) is 15.2. The first-order valence-electron chi connectivity index (χ1n) is 8.44. The molecule has 0 spiro atoms. The minimum atomic E-state index is 0.346. The molecule has 0 aromatic heterocycles. The fraction of sp³-hybridized carbons (Fsp3) is 1.00. The zero-order valence-corrected chi connectivity index (χ0v) is 14.7. The molecule has 20 heavy (non-hydrogen) atoms. The first-order valence-corrected chi connectivity index (χ1v) is 8.44. The van der Waals surface area contributed by atoms with Crippen molar-refractivity contribution in [3.63, 3.8) is 0 Å². The molecule has 2 heteroatoms. The van der Waals surface area contributed by atoms with Crippen LogP contribution in [0.2, 0.25) is 0 Å². The number of methoxy groups -OCH3 is 1. The summed E-state index contributed by atoms with van der Waals surface area (Å²) in [6.45, 7) is 15.0.